The van der Waals surface area contributed by atoms with Gasteiger partial charge < -0.3 is 5.43 Å². The lowest BCUT2D eigenvalue weighted by Gasteiger charge is -2.04. The number of nitrogens with zero attached hydrogens (tertiary/aromatic N) is 1. The van der Waals surface area contributed by atoms with E-state index in [1.165, 1.54) is 0 Å². The van der Waals surface area contributed by atoms with Gasteiger partial charge in [-0.25, -0.2) is 0 Å². The van der Waals surface area contributed by atoms with Crippen molar-refractivity contribution in [3.8, 4) is 0 Å². The lowest BCUT2D eigenvalue weighted by molar-refractivity contribution is 0.622. The number of benzene rings is 1. The van der Waals surface area contributed by atoms with Crippen molar-refractivity contribution in [1.82, 2.24) is 5.43 Å². The molecule has 0 unspecified atom stereocenters. The van der Waals surface area contributed by atoms with Crippen LogP contribution in [-0.4, -0.2) is 10.7 Å². The fourth-order valence-corrected chi connectivity index (χ4v) is 1.47. The smallest absolute Gasteiger partial charge is 0.133 e. The number of hydrogen-bond acceptors (Lipinski definition) is 2. The zero-order chi connectivity index (χ0) is 10.6. The van der Waals surface area contributed by atoms with Gasteiger partial charge in [0.25, 0.3) is 0 Å². The van der Waals surface area contributed by atoms with E-state index in [9.17, 15) is 0 Å². The van der Waals surface area contributed by atoms with E-state index >= 15 is 0 Å². The fraction of sp³-hybridized carbons (Fsp3) is 0.300. The van der Waals surface area contributed by atoms with Crippen molar-refractivity contribution in [3.05, 3.63) is 34.3 Å². The van der Waals surface area contributed by atoms with E-state index < -0.39 is 0 Å². The van der Waals surface area contributed by atoms with Gasteiger partial charge in [-0.3, -0.25) is 0 Å². The van der Waals surface area contributed by atoms with Crippen molar-refractivity contribution in [2.24, 2.45) is 5.10 Å². The summed E-state index contributed by atoms with van der Waals surface area (Å²) in [6.45, 7) is 4.09. The number of hydrogen-bond donors (Lipinski definition) is 1. The fourth-order valence-electron chi connectivity index (χ4n) is 0.838. The van der Waals surface area contributed by atoms with Gasteiger partial charge in [0.2, 0.25) is 0 Å². The highest BCUT2D eigenvalue weighted by atomic mass is 79.9. The van der Waals surface area contributed by atoms with Crippen molar-refractivity contribution >= 4 is 36.5 Å². The van der Waals surface area contributed by atoms with Gasteiger partial charge in [-0.1, -0.05) is 28.1 Å². The molecule has 4 heteroatoms. The van der Waals surface area contributed by atoms with E-state index in [1.54, 1.807) is 0 Å². The highest BCUT2D eigenvalue weighted by Gasteiger charge is 1.98. The van der Waals surface area contributed by atoms with Gasteiger partial charge >= 0.3 is 0 Å². The van der Waals surface area contributed by atoms with E-state index in [0.717, 1.165) is 14.7 Å². The minimum Gasteiger partial charge on any atom is -0.306 e. The Kier molecular flexibility index (Phi) is 4.62. The quantitative estimate of drug-likeness (QED) is 0.669. The predicted molar refractivity (Wildman–Crippen MR) is 67.9 cm³/mol. The molecule has 0 aliphatic heterocycles. The Morgan fingerprint density at radius 1 is 1.29 bits per heavy atom. The largest absolute Gasteiger partial charge is 0.306 e. The van der Waals surface area contributed by atoms with E-state index in [0.29, 0.717) is 6.04 Å². The molecule has 0 amide bonds. The SMILES string of the molecule is CC(C)N/N=C(\Br)c1ccc(Br)cc1. The van der Waals surface area contributed by atoms with Gasteiger partial charge in [-0.2, -0.15) is 5.10 Å². The molecule has 0 saturated carbocycles. The Labute approximate surface area is 101 Å². The average molecular weight is 320 g/mol. The average Bonchev–Trinajstić information content (AvgIpc) is 2.15. The molecule has 2 nitrogen and oxygen atoms in total. The molecular formula is C10H12Br2N2. The van der Waals surface area contributed by atoms with Crippen LogP contribution in [0.3, 0.4) is 0 Å². The number of hydrazone groups is 1. The molecule has 1 N–H and O–H groups in total. The Hall–Kier alpha value is -0.350. The van der Waals surface area contributed by atoms with Crippen LogP contribution >= 0.6 is 31.9 Å². The van der Waals surface area contributed by atoms with Crippen LogP contribution in [0.2, 0.25) is 0 Å². The third-order valence-corrected chi connectivity index (χ3v) is 2.67. The van der Waals surface area contributed by atoms with Gasteiger partial charge in [0, 0.05) is 16.1 Å². The highest BCUT2D eigenvalue weighted by Crippen LogP contribution is 2.13. The molecule has 0 aromatic heterocycles. The molecule has 1 aromatic rings. The molecule has 14 heavy (non-hydrogen) atoms. The zero-order valence-electron chi connectivity index (χ0n) is 8.09. The standard InChI is InChI=1S/C10H12Br2N2/c1-7(2)13-14-10(12)8-3-5-9(11)6-4-8/h3-7,13H,1-2H3/b14-10-. The maximum atomic E-state index is 4.19. The number of halogens is 2. The van der Waals surface area contributed by atoms with Crippen LogP contribution in [0.15, 0.2) is 33.8 Å². The molecule has 0 heterocycles. The van der Waals surface area contributed by atoms with Crippen LogP contribution in [0.5, 0.6) is 0 Å². The molecule has 0 aliphatic rings. The maximum Gasteiger partial charge on any atom is 0.133 e. The van der Waals surface area contributed by atoms with Gasteiger partial charge in [0.15, 0.2) is 0 Å². The van der Waals surface area contributed by atoms with E-state index in [4.69, 9.17) is 0 Å². The number of nitrogens with one attached hydrogen (secondary N) is 1. The molecule has 0 radical (unpaired) electrons. The zero-order valence-corrected chi connectivity index (χ0v) is 11.3. The summed E-state index contributed by atoms with van der Waals surface area (Å²) in [6.07, 6.45) is 0. The highest BCUT2D eigenvalue weighted by molar-refractivity contribution is 9.18. The first-order valence-electron chi connectivity index (χ1n) is 4.34. The summed E-state index contributed by atoms with van der Waals surface area (Å²) in [5.41, 5.74) is 4.04. The summed E-state index contributed by atoms with van der Waals surface area (Å²) < 4.78 is 1.89. The minimum absolute atomic E-state index is 0.345. The van der Waals surface area contributed by atoms with Crippen LogP contribution in [0, 0.1) is 0 Å². The molecule has 0 bridgehead atoms. The third kappa shape index (κ3) is 3.80. The first kappa shape index (κ1) is 11.7. The van der Waals surface area contributed by atoms with Crippen molar-refractivity contribution in [1.29, 1.82) is 0 Å². The van der Waals surface area contributed by atoms with Gasteiger partial charge in [0.1, 0.15) is 4.62 Å². The Morgan fingerprint density at radius 2 is 1.86 bits per heavy atom. The summed E-state index contributed by atoms with van der Waals surface area (Å²) in [5.74, 6) is 0. The molecule has 0 fully saturated rings. The first-order valence-corrected chi connectivity index (χ1v) is 5.93. The lowest BCUT2D eigenvalue weighted by atomic mass is 10.2. The molecule has 76 valence electrons. The third-order valence-electron chi connectivity index (χ3n) is 1.50. The van der Waals surface area contributed by atoms with Crippen molar-refractivity contribution < 1.29 is 0 Å². The predicted octanol–water partition coefficient (Wildman–Crippen LogP) is 3.50. The summed E-state index contributed by atoms with van der Waals surface area (Å²) in [4.78, 5) is 0. The lowest BCUT2D eigenvalue weighted by Crippen LogP contribution is -2.17. The molecule has 1 rings (SSSR count). The van der Waals surface area contributed by atoms with E-state index in [-0.39, 0.29) is 0 Å². The second kappa shape index (κ2) is 5.51. The van der Waals surface area contributed by atoms with E-state index in [1.807, 2.05) is 38.1 Å². The summed E-state index contributed by atoms with van der Waals surface area (Å²) >= 11 is 6.80. The van der Waals surface area contributed by atoms with Crippen LogP contribution in [0.25, 0.3) is 0 Å². The molecule has 0 saturated heterocycles. The maximum absolute atomic E-state index is 4.19. The Balaban J connectivity index is 2.73. The van der Waals surface area contributed by atoms with Gasteiger partial charge in [0.05, 0.1) is 0 Å². The minimum atomic E-state index is 0.345. The molecule has 0 atom stereocenters. The first-order chi connectivity index (χ1) is 6.59. The summed E-state index contributed by atoms with van der Waals surface area (Å²) in [5, 5.41) is 4.19. The normalized spacial score (nSPS) is 11.9. The van der Waals surface area contributed by atoms with Crippen molar-refractivity contribution in [2.75, 3.05) is 0 Å². The second-order valence-corrected chi connectivity index (χ2v) is 4.86. The molecule has 0 spiro atoms. The molecule has 0 aliphatic carbocycles. The molecular weight excluding hydrogens is 308 g/mol. The second-order valence-electron chi connectivity index (χ2n) is 3.19. The Bertz CT molecular complexity index is 317. The van der Waals surface area contributed by atoms with Crippen LogP contribution < -0.4 is 5.43 Å². The summed E-state index contributed by atoms with van der Waals surface area (Å²) in [6, 6.07) is 8.32. The number of rotatable bonds is 3. The van der Waals surface area contributed by atoms with Crippen LogP contribution in [-0.2, 0) is 0 Å². The molecule has 1 aromatic carbocycles. The van der Waals surface area contributed by atoms with Crippen LogP contribution in [0.1, 0.15) is 19.4 Å². The van der Waals surface area contributed by atoms with Gasteiger partial charge in [-0.15, -0.1) is 0 Å². The summed E-state index contributed by atoms with van der Waals surface area (Å²) in [7, 11) is 0. The topological polar surface area (TPSA) is 24.4 Å². The monoisotopic (exact) mass is 318 g/mol. The Morgan fingerprint density at radius 3 is 2.36 bits per heavy atom. The van der Waals surface area contributed by atoms with Crippen molar-refractivity contribution in [2.45, 2.75) is 19.9 Å². The van der Waals surface area contributed by atoms with Crippen LogP contribution in [0.4, 0.5) is 0 Å². The van der Waals surface area contributed by atoms with Crippen molar-refractivity contribution in [3.63, 3.8) is 0 Å². The van der Waals surface area contributed by atoms with Gasteiger partial charge in [-0.05, 0) is 41.9 Å². The van der Waals surface area contributed by atoms with E-state index in [2.05, 4.69) is 42.4 Å².